The van der Waals surface area contributed by atoms with E-state index in [2.05, 4.69) is 34.6 Å². The summed E-state index contributed by atoms with van der Waals surface area (Å²) in [5, 5.41) is 5.69. The van der Waals surface area contributed by atoms with E-state index in [1.165, 1.54) is 37.8 Å². The number of benzene rings is 1. The first kappa shape index (κ1) is 13.1. The summed E-state index contributed by atoms with van der Waals surface area (Å²) in [6.07, 6.45) is 6.62. The van der Waals surface area contributed by atoms with Gasteiger partial charge in [0.2, 0.25) is 0 Å². The molecule has 3 heteroatoms. The normalized spacial score (nSPS) is 17.4. The van der Waals surface area contributed by atoms with Crippen molar-refractivity contribution in [2.75, 3.05) is 5.43 Å². The van der Waals surface area contributed by atoms with Gasteiger partial charge in [-0.3, -0.25) is 5.43 Å². The Morgan fingerprint density at radius 2 is 1.90 bits per heavy atom. The van der Waals surface area contributed by atoms with Gasteiger partial charge in [0.15, 0.2) is 0 Å². The molecule has 1 aromatic heterocycles. The van der Waals surface area contributed by atoms with Gasteiger partial charge in [0.25, 0.3) is 0 Å². The summed E-state index contributed by atoms with van der Waals surface area (Å²) < 4.78 is 0. The van der Waals surface area contributed by atoms with E-state index in [4.69, 9.17) is 0 Å². The van der Waals surface area contributed by atoms with Crippen LogP contribution in [0.15, 0.2) is 41.5 Å². The van der Waals surface area contributed by atoms with Crippen LogP contribution >= 0.6 is 0 Å². The summed E-state index contributed by atoms with van der Waals surface area (Å²) in [7, 11) is 0. The van der Waals surface area contributed by atoms with Gasteiger partial charge < -0.3 is 0 Å². The fourth-order valence-electron chi connectivity index (χ4n) is 2.89. The Labute approximate surface area is 120 Å². The molecule has 3 rings (SSSR count). The number of aromatic nitrogens is 1. The van der Waals surface area contributed by atoms with Crippen LogP contribution in [-0.4, -0.2) is 10.7 Å². The van der Waals surface area contributed by atoms with Crippen molar-refractivity contribution in [2.24, 2.45) is 11.0 Å². The lowest BCUT2D eigenvalue weighted by atomic mass is 9.86. The molecule has 0 unspecified atom stereocenters. The molecule has 104 valence electrons. The highest BCUT2D eigenvalue weighted by Crippen LogP contribution is 2.25. The van der Waals surface area contributed by atoms with Crippen LogP contribution in [0.2, 0.25) is 0 Å². The lowest BCUT2D eigenvalue weighted by Crippen LogP contribution is -2.16. The van der Waals surface area contributed by atoms with Crippen molar-refractivity contribution in [3.05, 3.63) is 36.4 Å². The Balaban J connectivity index is 1.72. The zero-order valence-corrected chi connectivity index (χ0v) is 12.0. The van der Waals surface area contributed by atoms with Gasteiger partial charge in [-0.2, -0.15) is 5.10 Å². The summed E-state index contributed by atoms with van der Waals surface area (Å²) in [6, 6.07) is 12.2. The van der Waals surface area contributed by atoms with Crippen molar-refractivity contribution in [2.45, 2.75) is 39.0 Å². The minimum atomic E-state index is 0.650. The summed E-state index contributed by atoms with van der Waals surface area (Å²) in [4.78, 5) is 4.57. The van der Waals surface area contributed by atoms with Crippen molar-refractivity contribution in [3.8, 4) is 0 Å². The minimum absolute atomic E-state index is 0.650. The third-order valence-electron chi connectivity index (χ3n) is 4.14. The second-order valence-electron chi connectivity index (χ2n) is 5.59. The lowest BCUT2D eigenvalue weighted by Gasteiger charge is -2.21. The Morgan fingerprint density at radius 1 is 1.10 bits per heavy atom. The van der Waals surface area contributed by atoms with E-state index in [0.29, 0.717) is 5.92 Å². The first-order valence-corrected chi connectivity index (χ1v) is 7.49. The summed E-state index contributed by atoms with van der Waals surface area (Å²) >= 11 is 0. The molecule has 0 atom stereocenters. The highest BCUT2D eigenvalue weighted by molar-refractivity contribution is 5.85. The molecule has 1 fully saturated rings. The van der Waals surface area contributed by atoms with Gasteiger partial charge in [0, 0.05) is 11.1 Å². The van der Waals surface area contributed by atoms with E-state index in [1.54, 1.807) is 0 Å². The number of anilines is 1. The van der Waals surface area contributed by atoms with Gasteiger partial charge in [-0.25, -0.2) is 4.98 Å². The Morgan fingerprint density at radius 3 is 2.75 bits per heavy atom. The molecular weight excluding hydrogens is 246 g/mol. The van der Waals surface area contributed by atoms with Gasteiger partial charge in [-0.15, -0.1) is 0 Å². The molecule has 1 aromatic carbocycles. The molecule has 3 nitrogen and oxygen atoms in total. The summed E-state index contributed by atoms with van der Waals surface area (Å²) in [5.74, 6) is 1.47. The van der Waals surface area contributed by atoms with Crippen LogP contribution in [-0.2, 0) is 0 Å². The molecular formula is C17H21N3. The third-order valence-corrected chi connectivity index (χ3v) is 4.14. The van der Waals surface area contributed by atoms with E-state index in [-0.39, 0.29) is 0 Å². The van der Waals surface area contributed by atoms with Crippen molar-refractivity contribution < 1.29 is 0 Å². The summed E-state index contributed by atoms with van der Waals surface area (Å²) in [6.45, 7) is 2.13. The third kappa shape index (κ3) is 2.98. The maximum Gasteiger partial charge on any atom is 0.146 e. The SMILES string of the molecule is C/C(=N\Nc1ccc2ccccc2n1)C1CCCCC1. The number of nitrogens with zero attached hydrogens (tertiary/aromatic N) is 2. The van der Waals surface area contributed by atoms with Crippen molar-refractivity contribution in [1.29, 1.82) is 0 Å². The van der Waals surface area contributed by atoms with Crippen LogP contribution in [0.4, 0.5) is 5.82 Å². The van der Waals surface area contributed by atoms with Gasteiger partial charge in [-0.1, -0.05) is 37.5 Å². The number of pyridine rings is 1. The predicted octanol–water partition coefficient (Wildman–Crippen LogP) is 4.60. The molecule has 0 spiro atoms. The smallest absolute Gasteiger partial charge is 0.146 e. The van der Waals surface area contributed by atoms with Gasteiger partial charge in [0.05, 0.1) is 5.52 Å². The average molecular weight is 267 g/mol. The highest BCUT2D eigenvalue weighted by atomic mass is 15.3. The van der Waals surface area contributed by atoms with E-state index in [9.17, 15) is 0 Å². The highest BCUT2D eigenvalue weighted by Gasteiger charge is 2.15. The molecule has 0 bridgehead atoms. The molecule has 1 saturated carbocycles. The van der Waals surface area contributed by atoms with Crippen LogP contribution < -0.4 is 5.43 Å². The molecule has 0 saturated heterocycles. The van der Waals surface area contributed by atoms with E-state index in [0.717, 1.165) is 16.7 Å². The van der Waals surface area contributed by atoms with E-state index >= 15 is 0 Å². The standard InChI is InChI=1S/C17H21N3/c1-13(14-7-3-2-4-8-14)19-20-17-12-11-15-9-5-6-10-16(15)18-17/h5-6,9-12,14H,2-4,7-8H2,1H3,(H,18,20)/b19-13+. The van der Waals surface area contributed by atoms with Crippen molar-refractivity contribution in [3.63, 3.8) is 0 Å². The largest absolute Gasteiger partial charge is 0.261 e. The Bertz CT molecular complexity index is 612. The van der Waals surface area contributed by atoms with Gasteiger partial charge >= 0.3 is 0 Å². The second kappa shape index (κ2) is 6.04. The first-order chi connectivity index (χ1) is 9.83. The number of hydrogen-bond acceptors (Lipinski definition) is 3. The zero-order valence-electron chi connectivity index (χ0n) is 12.0. The average Bonchev–Trinajstić information content (AvgIpc) is 2.53. The fourth-order valence-corrected chi connectivity index (χ4v) is 2.89. The minimum Gasteiger partial charge on any atom is -0.261 e. The maximum absolute atomic E-state index is 4.57. The Hall–Kier alpha value is -1.90. The molecule has 0 aliphatic heterocycles. The van der Waals surface area contributed by atoms with Crippen LogP contribution in [0.25, 0.3) is 10.9 Å². The summed E-state index contributed by atoms with van der Waals surface area (Å²) in [5.41, 5.74) is 5.32. The molecule has 0 amide bonds. The second-order valence-corrected chi connectivity index (χ2v) is 5.59. The zero-order chi connectivity index (χ0) is 13.8. The molecule has 1 aliphatic carbocycles. The molecule has 1 heterocycles. The molecule has 2 aromatic rings. The van der Waals surface area contributed by atoms with Crippen LogP contribution in [0.5, 0.6) is 0 Å². The lowest BCUT2D eigenvalue weighted by molar-refractivity contribution is 0.438. The monoisotopic (exact) mass is 267 g/mol. The number of nitrogens with one attached hydrogen (secondary N) is 1. The number of fused-ring (bicyclic) bond motifs is 1. The van der Waals surface area contributed by atoms with Crippen LogP contribution in [0.3, 0.4) is 0 Å². The quantitative estimate of drug-likeness (QED) is 0.651. The van der Waals surface area contributed by atoms with E-state index in [1.807, 2.05) is 24.3 Å². The Kier molecular flexibility index (Phi) is 3.95. The predicted molar refractivity (Wildman–Crippen MR) is 85.0 cm³/mol. The number of rotatable bonds is 3. The molecule has 1 aliphatic rings. The fraction of sp³-hybridized carbons (Fsp3) is 0.412. The van der Waals surface area contributed by atoms with Crippen molar-refractivity contribution >= 4 is 22.4 Å². The van der Waals surface area contributed by atoms with E-state index < -0.39 is 0 Å². The first-order valence-electron chi connectivity index (χ1n) is 7.49. The number of hydrazone groups is 1. The van der Waals surface area contributed by atoms with Gasteiger partial charge in [-0.05, 0) is 43.9 Å². The van der Waals surface area contributed by atoms with Crippen LogP contribution in [0, 0.1) is 5.92 Å². The molecule has 1 N–H and O–H groups in total. The topological polar surface area (TPSA) is 37.3 Å². The van der Waals surface area contributed by atoms with Crippen molar-refractivity contribution in [1.82, 2.24) is 4.98 Å². The maximum atomic E-state index is 4.57. The number of hydrogen-bond donors (Lipinski definition) is 1. The van der Waals surface area contributed by atoms with Gasteiger partial charge in [0.1, 0.15) is 5.82 Å². The van der Waals surface area contributed by atoms with Crippen LogP contribution in [0.1, 0.15) is 39.0 Å². The number of para-hydroxylation sites is 1. The molecule has 20 heavy (non-hydrogen) atoms. The molecule has 0 radical (unpaired) electrons.